The van der Waals surface area contributed by atoms with Crippen molar-refractivity contribution in [2.75, 3.05) is 19.6 Å². The maximum absolute atomic E-state index is 12.0. The van der Waals surface area contributed by atoms with Crippen LogP contribution in [0, 0.1) is 17.2 Å². The second-order valence-corrected chi connectivity index (χ2v) is 4.98. The largest absolute Gasteiger partial charge is 0.353 e. The van der Waals surface area contributed by atoms with E-state index in [0.29, 0.717) is 13.0 Å². The Morgan fingerprint density at radius 3 is 2.33 bits per heavy atom. The molecule has 0 aliphatic heterocycles. The van der Waals surface area contributed by atoms with Crippen LogP contribution in [0.2, 0.25) is 0 Å². The molecule has 0 bridgehead atoms. The molecule has 1 aromatic rings. The van der Waals surface area contributed by atoms with E-state index < -0.39 is 5.92 Å². The molecule has 4 nitrogen and oxygen atoms in total. The highest BCUT2D eigenvalue weighted by molar-refractivity contribution is 5.80. The van der Waals surface area contributed by atoms with Crippen LogP contribution in [0.5, 0.6) is 0 Å². The average Bonchev–Trinajstić information content (AvgIpc) is 2.53. The fourth-order valence-electron chi connectivity index (χ4n) is 2.45. The van der Waals surface area contributed by atoms with Crippen molar-refractivity contribution in [2.45, 2.75) is 33.2 Å². The number of rotatable bonds is 8. The molecule has 1 aromatic carbocycles. The minimum atomic E-state index is -0.557. The molecular formula is C17H25N3O. The van der Waals surface area contributed by atoms with Gasteiger partial charge in [-0.05, 0) is 25.1 Å². The molecule has 0 radical (unpaired) electrons. The molecule has 1 N–H and O–H groups in total. The van der Waals surface area contributed by atoms with E-state index in [9.17, 15) is 4.79 Å². The van der Waals surface area contributed by atoms with Gasteiger partial charge in [-0.3, -0.25) is 9.69 Å². The number of hydrogen-bond donors (Lipinski definition) is 1. The molecule has 1 amide bonds. The quantitative estimate of drug-likeness (QED) is 0.800. The highest BCUT2D eigenvalue weighted by atomic mass is 16.1. The molecule has 0 aromatic heterocycles. The third kappa shape index (κ3) is 4.87. The monoisotopic (exact) mass is 287 g/mol. The Morgan fingerprint density at radius 2 is 1.86 bits per heavy atom. The van der Waals surface area contributed by atoms with Crippen LogP contribution in [0.25, 0.3) is 0 Å². The fraction of sp³-hybridized carbons (Fsp3) is 0.529. The second kappa shape index (κ2) is 9.15. The van der Waals surface area contributed by atoms with Crippen molar-refractivity contribution in [1.82, 2.24) is 10.2 Å². The van der Waals surface area contributed by atoms with Crippen LogP contribution in [0.4, 0.5) is 0 Å². The highest BCUT2D eigenvalue weighted by Gasteiger charge is 2.21. The lowest BCUT2D eigenvalue weighted by Gasteiger charge is -2.30. The zero-order chi connectivity index (χ0) is 15.7. The number of carbonyl (C=O) groups is 1. The molecule has 114 valence electrons. The van der Waals surface area contributed by atoms with E-state index in [2.05, 4.69) is 36.2 Å². The van der Waals surface area contributed by atoms with E-state index in [0.717, 1.165) is 13.1 Å². The number of nitrogens with one attached hydrogen (secondary N) is 1. The molecule has 0 aliphatic rings. The van der Waals surface area contributed by atoms with Gasteiger partial charge in [-0.25, -0.2) is 0 Å². The normalized spacial score (nSPS) is 13.5. The number of nitrogens with zero attached hydrogens (tertiary/aromatic N) is 2. The Hall–Kier alpha value is -1.86. The van der Waals surface area contributed by atoms with Crippen molar-refractivity contribution in [3.63, 3.8) is 0 Å². The smallest absolute Gasteiger partial charge is 0.237 e. The predicted octanol–water partition coefficient (Wildman–Crippen LogP) is 2.74. The van der Waals surface area contributed by atoms with Gasteiger partial charge in [-0.1, -0.05) is 51.1 Å². The molecule has 0 saturated heterocycles. The maximum Gasteiger partial charge on any atom is 0.237 e. The fourth-order valence-corrected chi connectivity index (χ4v) is 2.45. The number of nitriles is 1. The molecule has 0 aliphatic carbocycles. The highest BCUT2D eigenvalue weighted by Crippen LogP contribution is 2.19. The number of benzene rings is 1. The van der Waals surface area contributed by atoms with Crippen molar-refractivity contribution in [2.24, 2.45) is 5.92 Å². The number of amides is 1. The summed E-state index contributed by atoms with van der Waals surface area (Å²) < 4.78 is 0. The van der Waals surface area contributed by atoms with Crippen LogP contribution < -0.4 is 5.32 Å². The van der Waals surface area contributed by atoms with Gasteiger partial charge in [0.05, 0.1) is 12.1 Å². The van der Waals surface area contributed by atoms with E-state index in [1.807, 2.05) is 31.2 Å². The van der Waals surface area contributed by atoms with E-state index >= 15 is 0 Å². The zero-order valence-corrected chi connectivity index (χ0v) is 13.2. The number of hydrogen-bond acceptors (Lipinski definition) is 3. The Labute approximate surface area is 127 Å². The van der Waals surface area contributed by atoms with Crippen LogP contribution in [0.3, 0.4) is 0 Å². The van der Waals surface area contributed by atoms with Crippen LogP contribution in [0.1, 0.15) is 38.8 Å². The summed E-state index contributed by atoms with van der Waals surface area (Å²) in [6.07, 6.45) is 0.545. The summed E-state index contributed by atoms with van der Waals surface area (Å²) in [6, 6.07) is 12.4. The topological polar surface area (TPSA) is 56.1 Å². The first-order valence-corrected chi connectivity index (χ1v) is 7.64. The molecule has 4 heteroatoms. The van der Waals surface area contributed by atoms with E-state index in [1.54, 1.807) is 0 Å². The molecule has 1 rings (SSSR count). The van der Waals surface area contributed by atoms with Crippen LogP contribution in [-0.4, -0.2) is 30.4 Å². The van der Waals surface area contributed by atoms with E-state index in [-0.39, 0.29) is 11.9 Å². The van der Waals surface area contributed by atoms with Gasteiger partial charge in [0.25, 0.3) is 0 Å². The molecule has 21 heavy (non-hydrogen) atoms. The zero-order valence-electron chi connectivity index (χ0n) is 13.2. The van der Waals surface area contributed by atoms with Crippen molar-refractivity contribution in [3.05, 3.63) is 35.9 Å². The SMILES string of the molecule is CCC(C#N)C(=O)NCC(c1ccccc1)N(CC)CC. The molecule has 2 unspecified atom stereocenters. The molecule has 0 saturated carbocycles. The predicted molar refractivity (Wildman–Crippen MR) is 84.5 cm³/mol. The summed E-state index contributed by atoms with van der Waals surface area (Å²) in [6.45, 7) is 8.45. The van der Waals surface area contributed by atoms with Crippen LogP contribution in [0.15, 0.2) is 30.3 Å². The molecule has 0 spiro atoms. The first-order valence-electron chi connectivity index (χ1n) is 7.64. The van der Waals surface area contributed by atoms with Crippen molar-refractivity contribution < 1.29 is 4.79 Å². The number of carbonyl (C=O) groups excluding carboxylic acids is 1. The van der Waals surface area contributed by atoms with Gasteiger partial charge in [0, 0.05) is 6.54 Å². The lowest BCUT2D eigenvalue weighted by Crippen LogP contribution is -2.39. The summed E-state index contributed by atoms with van der Waals surface area (Å²) in [4.78, 5) is 14.3. The standard InChI is InChI=1S/C17H25N3O/c1-4-14(12-18)17(21)19-13-16(20(5-2)6-3)15-10-8-7-9-11-15/h7-11,14,16H,4-6,13H2,1-3H3,(H,19,21). The molecular weight excluding hydrogens is 262 g/mol. The summed E-state index contributed by atoms with van der Waals surface area (Å²) >= 11 is 0. The van der Waals surface area contributed by atoms with Crippen molar-refractivity contribution in [1.29, 1.82) is 5.26 Å². The van der Waals surface area contributed by atoms with Gasteiger partial charge < -0.3 is 5.32 Å². The van der Waals surface area contributed by atoms with Crippen molar-refractivity contribution in [3.8, 4) is 6.07 Å². The summed E-state index contributed by atoms with van der Waals surface area (Å²) in [7, 11) is 0. The lowest BCUT2D eigenvalue weighted by molar-refractivity contribution is -0.123. The lowest BCUT2D eigenvalue weighted by atomic mass is 10.0. The van der Waals surface area contributed by atoms with Gasteiger partial charge >= 0.3 is 0 Å². The second-order valence-electron chi connectivity index (χ2n) is 4.98. The summed E-state index contributed by atoms with van der Waals surface area (Å²) in [5.74, 6) is -0.730. The Kier molecular flexibility index (Phi) is 7.49. The summed E-state index contributed by atoms with van der Waals surface area (Å²) in [5, 5.41) is 11.9. The summed E-state index contributed by atoms with van der Waals surface area (Å²) in [5.41, 5.74) is 1.19. The van der Waals surface area contributed by atoms with E-state index in [4.69, 9.17) is 5.26 Å². The molecule has 2 atom stereocenters. The van der Waals surface area contributed by atoms with E-state index in [1.165, 1.54) is 5.56 Å². The minimum absolute atomic E-state index is 0.140. The first-order chi connectivity index (χ1) is 10.2. The van der Waals surface area contributed by atoms with Gasteiger partial charge in [0.15, 0.2) is 0 Å². The minimum Gasteiger partial charge on any atom is -0.353 e. The van der Waals surface area contributed by atoms with Gasteiger partial charge in [0.2, 0.25) is 5.91 Å². The Bertz CT molecular complexity index is 463. The third-order valence-electron chi connectivity index (χ3n) is 3.79. The van der Waals surface area contributed by atoms with Crippen LogP contribution >= 0.6 is 0 Å². The third-order valence-corrected chi connectivity index (χ3v) is 3.79. The first kappa shape index (κ1) is 17.2. The van der Waals surface area contributed by atoms with Gasteiger partial charge in [-0.2, -0.15) is 5.26 Å². The van der Waals surface area contributed by atoms with Crippen LogP contribution in [-0.2, 0) is 4.79 Å². The van der Waals surface area contributed by atoms with Crippen molar-refractivity contribution >= 4 is 5.91 Å². The Morgan fingerprint density at radius 1 is 1.24 bits per heavy atom. The Balaban J connectivity index is 2.80. The molecule has 0 fully saturated rings. The maximum atomic E-state index is 12.0. The number of likely N-dealkylation sites (N-methyl/N-ethyl adjacent to an activating group) is 1. The average molecular weight is 287 g/mol. The van der Waals surface area contributed by atoms with Gasteiger partial charge in [-0.15, -0.1) is 0 Å². The molecule has 0 heterocycles. The van der Waals surface area contributed by atoms with Gasteiger partial charge in [0.1, 0.15) is 5.92 Å².